The number of imidazole rings is 1. The maximum Gasteiger partial charge on any atom is 0.100 e. The van der Waals surface area contributed by atoms with Crippen molar-refractivity contribution in [2.24, 2.45) is 5.73 Å². The van der Waals surface area contributed by atoms with Crippen molar-refractivity contribution < 1.29 is 0 Å². The van der Waals surface area contributed by atoms with E-state index in [1.54, 1.807) is 6.20 Å². The average Bonchev–Trinajstić information content (AvgIpc) is 3.05. The Morgan fingerprint density at radius 1 is 1.04 bits per heavy atom. The highest BCUT2D eigenvalue weighted by atomic mass is 35.5. The lowest BCUT2D eigenvalue weighted by atomic mass is 10.1. The Morgan fingerprint density at radius 2 is 1.88 bits per heavy atom. The first-order valence-electron chi connectivity index (χ1n) is 8.07. The van der Waals surface area contributed by atoms with Crippen molar-refractivity contribution in [3.8, 4) is 16.9 Å². The van der Waals surface area contributed by atoms with Crippen molar-refractivity contribution in [3.05, 3.63) is 77.7 Å². The van der Waals surface area contributed by atoms with Gasteiger partial charge in [-0.15, -0.1) is 0 Å². The second-order valence-corrected chi connectivity index (χ2v) is 6.44. The minimum atomic E-state index is -0.0118. The highest BCUT2D eigenvalue weighted by Crippen LogP contribution is 2.28. The van der Waals surface area contributed by atoms with Gasteiger partial charge in [0.25, 0.3) is 0 Å². The summed E-state index contributed by atoms with van der Waals surface area (Å²) in [6, 6.07) is 17.8. The minimum absolute atomic E-state index is 0.0118. The van der Waals surface area contributed by atoms with Crippen LogP contribution in [0, 0.1) is 0 Å². The van der Waals surface area contributed by atoms with Crippen LogP contribution in [0.15, 0.2) is 67.1 Å². The molecular formula is C20H17ClN4. The van der Waals surface area contributed by atoms with E-state index in [2.05, 4.69) is 16.0 Å². The van der Waals surface area contributed by atoms with Crippen LogP contribution in [0.4, 0.5) is 0 Å². The lowest BCUT2D eigenvalue weighted by Crippen LogP contribution is -2.04. The molecule has 1 atom stereocenters. The van der Waals surface area contributed by atoms with Crippen molar-refractivity contribution in [1.82, 2.24) is 14.5 Å². The SMILES string of the molecule is CC(N)c1ccc2c(c1)ncn2-c1ccnc(-c2ccccc2Cl)c1. The van der Waals surface area contributed by atoms with Gasteiger partial charge in [-0.3, -0.25) is 9.55 Å². The van der Waals surface area contributed by atoms with Gasteiger partial charge in [0, 0.05) is 22.8 Å². The van der Waals surface area contributed by atoms with Crippen LogP contribution < -0.4 is 5.73 Å². The summed E-state index contributed by atoms with van der Waals surface area (Å²) >= 11 is 6.31. The number of hydrogen-bond donors (Lipinski definition) is 1. The second-order valence-electron chi connectivity index (χ2n) is 6.03. The molecule has 2 aromatic carbocycles. The molecule has 0 aliphatic rings. The third-order valence-electron chi connectivity index (χ3n) is 4.27. The van der Waals surface area contributed by atoms with Crippen LogP contribution in [0.3, 0.4) is 0 Å². The van der Waals surface area contributed by atoms with Gasteiger partial charge in [0.2, 0.25) is 0 Å². The van der Waals surface area contributed by atoms with Crippen molar-refractivity contribution in [2.75, 3.05) is 0 Å². The van der Waals surface area contributed by atoms with Gasteiger partial charge in [-0.25, -0.2) is 4.98 Å². The lowest BCUT2D eigenvalue weighted by molar-refractivity contribution is 0.819. The van der Waals surface area contributed by atoms with Gasteiger partial charge in [0.1, 0.15) is 6.33 Å². The quantitative estimate of drug-likeness (QED) is 0.580. The molecule has 5 heteroatoms. The van der Waals surface area contributed by atoms with E-state index in [-0.39, 0.29) is 6.04 Å². The number of hydrogen-bond acceptors (Lipinski definition) is 3. The number of halogens is 1. The first-order valence-corrected chi connectivity index (χ1v) is 8.45. The largest absolute Gasteiger partial charge is 0.324 e. The topological polar surface area (TPSA) is 56.7 Å². The number of fused-ring (bicyclic) bond motifs is 1. The van der Waals surface area contributed by atoms with Crippen LogP contribution in [-0.2, 0) is 0 Å². The van der Waals surface area contributed by atoms with E-state index in [0.717, 1.165) is 33.5 Å². The fraction of sp³-hybridized carbons (Fsp3) is 0.100. The smallest absolute Gasteiger partial charge is 0.100 e. The summed E-state index contributed by atoms with van der Waals surface area (Å²) in [7, 11) is 0. The summed E-state index contributed by atoms with van der Waals surface area (Å²) in [5.74, 6) is 0. The molecule has 4 nitrogen and oxygen atoms in total. The highest BCUT2D eigenvalue weighted by molar-refractivity contribution is 6.33. The van der Waals surface area contributed by atoms with Crippen LogP contribution in [0.2, 0.25) is 5.02 Å². The van der Waals surface area contributed by atoms with Crippen LogP contribution in [0.1, 0.15) is 18.5 Å². The normalized spacial score (nSPS) is 12.4. The molecule has 0 aliphatic heterocycles. The molecule has 1 unspecified atom stereocenters. The molecule has 0 spiro atoms. The zero-order chi connectivity index (χ0) is 17.4. The standard InChI is InChI=1S/C20H17ClN4/c1-13(22)14-6-7-20-19(10-14)24-12-25(20)15-8-9-23-18(11-15)16-4-2-3-5-17(16)21/h2-13H,22H2,1H3. The Kier molecular flexibility index (Phi) is 3.99. The molecule has 124 valence electrons. The summed E-state index contributed by atoms with van der Waals surface area (Å²) in [6.45, 7) is 1.97. The monoisotopic (exact) mass is 348 g/mol. The summed E-state index contributed by atoms with van der Waals surface area (Å²) < 4.78 is 2.04. The van der Waals surface area contributed by atoms with Gasteiger partial charge >= 0.3 is 0 Å². The molecule has 0 amide bonds. The molecule has 0 fully saturated rings. The number of nitrogens with two attached hydrogens (primary N) is 1. The molecule has 0 saturated carbocycles. The van der Waals surface area contributed by atoms with Crippen molar-refractivity contribution in [1.29, 1.82) is 0 Å². The Balaban J connectivity index is 1.82. The molecule has 2 aromatic heterocycles. The Labute approximate surface area is 150 Å². The zero-order valence-corrected chi connectivity index (χ0v) is 14.5. The minimum Gasteiger partial charge on any atom is -0.324 e. The van der Waals surface area contributed by atoms with Crippen molar-refractivity contribution in [3.63, 3.8) is 0 Å². The van der Waals surface area contributed by atoms with Crippen LogP contribution in [0.25, 0.3) is 28.0 Å². The van der Waals surface area contributed by atoms with E-state index in [1.165, 1.54) is 0 Å². The second kappa shape index (κ2) is 6.31. The van der Waals surface area contributed by atoms with E-state index >= 15 is 0 Å². The maximum absolute atomic E-state index is 6.31. The van der Waals surface area contributed by atoms with Crippen LogP contribution in [0.5, 0.6) is 0 Å². The predicted molar refractivity (Wildman–Crippen MR) is 102 cm³/mol. The van der Waals surface area contributed by atoms with Crippen LogP contribution in [-0.4, -0.2) is 14.5 Å². The Bertz CT molecular complexity index is 1050. The van der Waals surface area contributed by atoms with Gasteiger partial charge in [-0.2, -0.15) is 0 Å². The summed E-state index contributed by atoms with van der Waals surface area (Å²) in [5.41, 5.74) is 11.7. The first-order chi connectivity index (χ1) is 12.1. The highest BCUT2D eigenvalue weighted by Gasteiger charge is 2.10. The molecule has 4 aromatic rings. The van der Waals surface area contributed by atoms with Gasteiger partial charge in [-0.05, 0) is 42.8 Å². The number of aromatic nitrogens is 3. The zero-order valence-electron chi connectivity index (χ0n) is 13.7. The van der Waals surface area contributed by atoms with Crippen molar-refractivity contribution >= 4 is 22.6 Å². The molecule has 4 rings (SSSR count). The summed E-state index contributed by atoms with van der Waals surface area (Å²) in [4.78, 5) is 8.98. The third kappa shape index (κ3) is 2.90. The van der Waals surface area contributed by atoms with Gasteiger partial charge in [0.15, 0.2) is 0 Å². The van der Waals surface area contributed by atoms with E-state index in [9.17, 15) is 0 Å². The summed E-state index contributed by atoms with van der Waals surface area (Å²) in [5, 5.41) is 0.684. The first kappa shape index (κ1) is 15.8. The number of rotatable bonds is 3. The number of nitrogens with zero attached hydrogens (tertiary/aromatic N) is 3. The molecule has 2 heterocycles. The Hall–Kier alpha value is -2.69. The third-order valence-corrected chi connectivity index (χ3v) is 4.60. The fourth-order valence-corrected chi connectivity index (χ4v) is 3.14. The molecule has 25 heavy (non-hydrogen) atoms. The average molecular weight is 349 g/mol. The van der Waals surface area contributed by atoms with Gasteiger partial charge in [0.05, 0.1) is 22.4 Å². The van der Waals surface area contributed by atoms with E-state index in [1.807, 2.05) is 66.3 Å². The lowest BCUT2D eigenvalue weighted by Gasteiger charge is -2.09. The number of pyridine rings is 1. The predicted octanol–water partition coefficient (Wildman–Crippen LogP) is 4.76. The van der Waals surface area contributed by atoms with E-state index in [4.69, 9.17) is 17.3 Å². The fourth-order valence-electron chi connectivity index (χ4n) is 2.90. The van der Waals surface area contributed by atoms with Crippen molar-refractivity contribution in [2.45, 2.75) is 13.0 Å². The Morgan fingerprint density at radius 3 is 2.68 bits per heavy atom. The maximum atomic E-state index is 6.31. The number of benzene rings is 2. The molecular weight excluding hydrogens is 332 g/mol. The molecule has 0 saturated heterocycles. The van der Waals surface area contributed by atoms with E-state index < -0.39 is 0 Å². The molecule has 0 aliphatic carbocycles. The van der Waals surface area contributed by atoms with Gasteiger partial charge in [-0.1, -0.05) is 35.9 Å². The summed E-state index contributed by atoms with van der Waals surface area (Å²) in [6.07, 6.45) is 3.61. The molecule has 0 radical (unpaired) electrons. The van der Waals surface area contributed by atoms with Gasteiger partial charge < -0.3 is 5.73 Å². The van der Waals surface area contributed by atoms with Crippen LogP contribution >= 0.6 is 11.6 Å². The molecule has 0 bridgehead atoms. The molecule has 2 N–H and O–H groups in total. The van der Waals surface area contributed by atoms with E-state index in [0.29, 0.717) is 5.02 Å².